The molecule has 1 aromatic rings. The fourth-order valence-corrected chi connectivity index (χ4v) is 3.21. The van der Waals surface area contributed by atoms with E-state index in [9.17, 15) is 4.21 Å². The van der Waals surface area contributed by atoms with Gasteiger partial charge in [0.1, 0.15) is 12.2 Å². The van der Waals surface area contributed by atoms with Gasteiger partial charge in [-0.25, -0.2) is 9.67 Å². The number of nitrogens with one attached hydrogen (secondary N) is 2. The zero-order valence-corrected chi connectivity index (χ0v) is 17.4. The van der Waals surface area contributed by atoms with Crippen LogP contribution in [0.1, 0.15) is 33.0 Å². The summed E-state index contributed by atoms with van der Waals surface area (Å²) in [6.07, 6.45) is 3.53. The second-order valence-corrected chi connectivity index (χ2v) is 8.72. The molecule has 132 valence electrons. The number of nitrogens with zero attached hydrogens (tertiary/aromatic N) is 4. The van der Waals surface area contributed by atoms with Crippen LogP contribution in [0.4, 0.5) is 0 Å². The number of guanidine groups is 1. The molecule has 2 atom stereocenters. The Bertz CT molecular complexity index is 554. The van der Waals surface area contributed by atoms with Crippen LogP contribution >= 0.6 is 24.0 Å². The van der Waals surface area contributed by atoms with Crippen LogP contribution in [0, 0.1) is 0 Å². The first-order chi connectivity index (χ1) is 10.4. The van der Waals surface area contributed by atoms with E-state index >= 15 is 0 Å². The van der Waals surface area contributed by atoms with Gasteiger partial charge >= 0.3 is 0 Å². The lowest BCUT2D eigenvalue weighted by Gasteiger charge is -2.25. The Balaban J connectivity index is 0.00000264. The third kappa shape index (κ3) is 6.02. The highest BCUT2D eigenvalue weighted by Crippen LogP contribution is 2.11. The van der Waals surface area contributed by atoms with Crippen LogP contribution < -0.4 is 10.6 Å². The third-order valence-corrected chi connectivity index (χ3v) is 5.57. The van der Waals surface area contributed by atoms with Crippen molar-refractivity contribution >= 4 is 40.7 Å². The zero-order valence-electron chi connectivity index (χ0n) is 14.2. The first-order valence-corrected chi connectivity index (χ1v) is 8.94. The van der Waals surface area contributed by atoms with Gasteiger partial charge in [-0.1, -0.05) is 0 Å². The van der Waals surface area contributed by atoms with Gasteiger partial charge in [-0.3, -0.25) is 9.20 Å². The summed E-state index contributed by atoms with van der Waals surface area (Å²) in [7, 11) is 0.895. The van der Waals surface area contributed by atoms with Gasteiger partial charge in [0.2, 0.25) is 0 Å². The molecule has 2 rings (SSSR count). The number of halogens is 1. The summed E-state index contributed by atoms with van der Waals surface area (Å²) < 4.78 is 13.8. The maximum Gasteiger partial charge on any atom is 0.191 e. The number of hydrogen-bond donors (Lipinski definition) is 2. The number of aromatic nitrogens is 3. The molecule has 1 aliphatic rings. The fourth-order valence-electron chi connectivity index (χ4n) is 2.31. The Kier molecular flexibility index (Phi) is 7.91. The van der Waals surface area contributed by atoms with Gasteiger partial charge in [-0.2, -0.15) is 5.10 Å². The van der Waals surface area contributed by atoms with Crippen molar-refractivity contribution < 1.29 is 4.21 Å². The molecule has 2 unspecified atom stereocenters. The second-order valence-electron chi connectivity index (χ2n) is 6.40. The van der Waals surface area contributed by atoms with Crippen molar-refractivity contribution in [2.75, 3.05) is 19.3 Å². The standard InChI is InChI=1S/C14H26N6OS.HI/c1-14(2,3)22(21)8-7-16-13(15-4)19-11-5-6-12-17-10-18-20(12)9-11;/h10-11H,5-9H2,1-4H3,(H2,15,16,19);1H. The molecule has 0 saturated heterocycles. The van der Waals surface area contributed by atoms with E-state index < -0.39 is 10.8 Å². The highest BCUT2D eigenvalue weighted by atomic mass is 127. The minimum atomic E-state index is -0.854. The van der Waals surface area contributed by atoms with E-state index in [4.69, 9.17) is 0 Å². The Morgan fingerprint density at radius 1 is 1.52 bits per heavy atom. The molecule has 1 aliphatic heterocycles. The highest BCUT2D eigenvalue weighted by Gasteiger charge is 2.21. The SMILES string of the molecule is CN=C(NCCS(=O)C(C)(C)C)NC1CCc2ncnn2C1.I. The minimum Gasteiger partial charge on any atom is -0.355 e. The topological polar surface area (TPSA) is 84.2 Å². The van der Waals surface area contributed by atoms with Crippen LogP contribution in [-0.4, -0.2) is 55.1 Å². The summed E-state index contributed by atoms with van der Waals surface area (Å²) in [5, 5.41) is 10.9. The number of aryl methyl sites for hydroxylation is 1. The molecule has 2 heterocycles. The van der Waals surface area contributed by atoms with Crippen LogP contribution in [0.5, 0.6) is 0 Å². The largest absolute Gasteiger partial charge is 0.355 e. The van der Waals surface area contributed by atoms with Crippen LogP contribution in [0.15, 0.2) is 11.3 Å². The van der Waals surface area contributed by atoms with Crippen molar-refractivity contribution in [3.63, 3.8) is 0 Å². The van der Waals surface area contributed by atoms with Crippen LogP contribution in [0.25, 0.3) is 0 Å². The molecule has 0 radical (unpaired) electrons. The Morgan fingerprint density at radius 3 is 2.91 bits per heavy atom. The molecular formula is C14H27IN6OS. The predicted octanol–water partition coefficient (Wildman–Crippen LogP) is 0.923. The van der Waals surface area contributed by atoms with Crippen molar-refractivity contribution in [3.8, 4) is 0 Å². The molecule has 0 fully saturated rings. The zero-order chi connectivity index (χ0) is 16.2. The quantitative estimate of drug-likeness (QED) is 0.402. The van der Waals surface area contributed by atoms with Crippen molar-refractivity contribution in [1.29, 1.82) is 0 Å². The number of fused-ring (bicyclic) bond motifs is 1. The molecule has 0 aliphatic carbocycles. The molecule has 0 aromatic carbocycles. The molecule has 0 spiro atoms. The normalized spacial score (nSPS) is 19.5. The first kappa shape index (κ1) is 20.3. The Labute approximate surface area is 157 Å². The molecule has 1 aromatic heterocycles. The van der Waals surface area contributed by atoms with E-state index in [1.54, 1.807) is 13.4 Å². The van der Waals surface area contributed by atoms with Gasteiger partial charge in [0.25, 0.3) is 0 Å². The molecule has 0 amide bonds. The predicted molar refractivity (Wildman–Crippen MR) is 105 cm³/mol. The first-order valence-electron chi connectivity index (χ1n) is 7.62. The lowest BCUT2D eigenvalue weighted by molar-refractivity contribution is 0.393. The van der Waals surface area contributed by atoms with E-state index in [0.717, 1.165) is 31.2 Å². The molecule has 0 bridgehead atoms. The van der Waals surface area contributed by atoms with Gasteiger partial charge in [0.05, 0.1) is 6.54 Å². The molecule has 9 heteroatoms. The van der Waals surface area contributed by atoms with E-state index in [2.05, 4.69) is 25.7 Å². The van der Waals surface area contributed by atoms with Crippen molar-refractivity contribution in [2.45, 2.75) is 50.9 Å². The monoisotopic (exact) mass is 454 g/mol. The summed E-state index contributed by atoms with van der Waals surface area (Å²) >= 11 is 0. The van der Waals surface area contributed by atoms with Gasteiger partial charge in [0, 0.05) is 47.4 Å². The lowest BCUT2D eigenvalue weighted by atomic mass is 10.1. The third-order valence-electron chi connectivity index (χ3n) is 3.63. The number of hydrogen-bond acceptors (Lipinski definition) is 4. The van der Waals surface area contributed by atoms with Gasteiger partial charge < -0.3 is 10.6 Å². The minimum absolute atomic E-state index is 0. The Hall–Kier alpha value is -0.710. The summed E-state index contributed by atoms with van der Waals surface area (Å²) in [4.78, 5) is 8.46. The summed E-state index contributed by atoms with van der Waals surface area (Å²) in [5.74, 6) is 2.41. The number of aliphatic imine (C=N–C) groups is 1. The van der Waals surface area contributed by atoms with E-state index in [-0.39, 0.29) is 34.8 Å². The Morgan fingerprint density at radius 2 is 2.26 bits per heavy atom. The summed E-state index contributed by atoms with van der Waals surface area (Å²) in [6, 6.07) is 0.286. The maximum absolute atomic E-state index is 12.0. The molecule has 23 heavy (non-hydrogen) atoms. The van der Waals surface area contributed by atoms with Crippen molar-refractivity contribution in [1.82, 2.24) is 25.4 Å². The van der Waals surface area contributed by atoms with E-state index in [0.29, 0.717) is 12.3 Å². The van der Waals surface area contributed by atoms with Crippen molar-refractivity contribution in [2.24, 2.45) is 4.99 Å². The summed E-state index contributed by atoms with van der Waals surface area (Å²) in [5.41, 5.74) is 0. The maximum atomic E-state index is 12.0. The molecule has 0 saturated carbocycles. The molecule has 2 N–H and O–H groups in total. The molecular weight excluding hydrogens is 427 g/mol. The second kappa shape index (κ2) is 8.95. The fraction of sp³-hybridized carbons (Fsp3) is 0.786. The smallest absolute Gasteiger partial charge is 0.191 e. The lowest BCUT2D eigenvalue weighted by Crippen LogP contribution is -2.48. The van der Waals surface area contributed by atoms with Gasteiger partial charge in [-0.15, -0.1) is 24.0 Å². The van der Waals surface area contributed by atoms with Crippen LogP contribution in [0.2, 0.25) is 0 Å². The highest BCUT2D eigenvalue weighted by molar-refractivity contribution is 14.0. The number of rotatable bonds is 4. The average Bonchev–Trinajstić information content (AvgIpc) is 2.92. The summed E-state index contributed by atoms with van der Waals surface area (Å²) in [6.45, 7) is 7.42. The molecule has 7 nitrogen and oxygen atoms in total. The van der Waals surface area contributed by atoms with E-state index in [1.165, 1.54) is 0 Å². The van der Waals surface area contributed by atoms with Crippen molar-refractivity contribution in [3.05, 3.63) is 12.2 Å². The van der Waals surface area contributed by atoms with Crippen LogP contribution in [0.3, 0.4) is 0 Å². The van der Waals surface area contributed by atoms with Gasteiger partial charge in [0.15, 0.2) is 5.96 Å². The van der Waals surface area contributed by atoms with Gasteiger partial charge in [-0.05, 0) is 27.2 Å². The van der Waals surface area contributed by atoms with E-state index in [1.807, 2.05) is 25.5 Å². The average molecular weight is 454 g/mol. The van der Waals surface area contributed by atoms with Crippen LogP contribution in [-0.2, 0) is 23.8 Å².